The summed E-state index contributed by atoms with van der Waals surface area (Å²) in [5.41, 5.74) is 0.894. The molecule has 0 amide bonds. The molecule has 0 spiro atoms. The lowest BCUT2D eigenvalue weighted by molar-refractivity contribution is -0.131. The van der Waals surface area contributed by atoms with E-state index in [0.717, 1.165) is 10.9 Å². The first-order chi connectivity index (χ1) is 6.68. The second-order valence-electron chi connectivity index (χ2n) is 2.91. The summed E-state index contributed by atoms with van der Waals surface area (Å²) >= 11 is 5.91. The van der Waals surface area contributed by atoms with Crippen LogP contribution in [-0.2, 0) is 4.79 Å². The van der Waals surface area contributed by atoms with E-state index in [4.69, 9.17) is 16.3 Å². The molecule has 72 valence electrons. The van der Waals surface area contributed by atoms with Gasteiger partial charge in [-0.15, -0.1) is 0 Å². The molecule has 1 aromatic carbocycles. The molecule has 0 radical (unpaired) electrons. The molecule has 14 heavy (non-hydrogen) atoms. The zero-order valence-electron chi connectivity index (χ0n) is 7.50. The number of H-pyrrole nitrogens is 1. The maximum atomic E-state index is 10.8. The van der Waals surface area contributed by atoms with E-state index in [9.17, 15) is 4.79 Å². The molecule has 3 nitrogen and oxygen atoms in total. The molecule has 0 bridgehead atoms. The number of aromatic amines is 1. The normalized spacial score (nSPS) is 10.4. The summed E-state index contributed by atoms with van der Waals surface area (Å²) in [7, 11) is 0. The zero-order valence-corrected chi connectivity index (χ0v) is 8.26. The van der Waals surface area contributed by atoms with Gasteiger partial charge in [-0.25, -0.2) is 0 Å². The highest BCUT2D eigenvalue weighted by Gasteiger charge is 2.09. The summed E-state index contributed by atoms with van der Waals surface area (Å²) in [6, 6.07) is 5.35. The Hall–Kier alpha value is -1.48. The Balaban J connectivity index is 2.64. The number of rotatable bonds is 1. The van der Waals surface area contributed by atoms with Gasteiger partial charge in [-0.1, -0.05) is 11.6 Å². The second-order valence-corrected chi connectivity index (χ2v) is 3.32. The van der Waals surface area contributed by atoms with Crippen LogP contribution in [-0.4, -0.2) is 11.0 Å². The molecule has 0 aliphatic heterocycles. The van der Waals surface area contributed by atoms with Gasteiger partial charge in [0.2, 0.25) is 0 Å². The van der Waals surface area contributed by atoms with Gasteiger partial charge in [-0.05, 0) is 18.2 Å². The number of benzene rings is 1. The maximum Gasteiger partial charge on any atom is 0.308 e. The number of carbonyl (C=O) groups excluding carboxylic acids is 1. The average molecular weight is 210 g/mol. The monoisotopic (exact) mass is 209 g/mol. The van der Waals surface area contributed by atoms with Crippen LogP contribution in [0.1, 0.15) is 6.92 Å². The predicted octanol–water partition coefficient (Wildman–Crippen LogP) is 2.75. The quantitative estimate of drug-likeness (QED) is 0.580. The Bertz CT molecular complexity index is 490. The smallest absolute Gasteiger partial charge is 0.308 e. The largest absolute Gasteiger partial charge is 0.424 e. The lowest BCUT2D eigenvalue weighted by Crippen LogP contribution is -2.01. The van der Waals surface area contributed by atoms with Crippen LogP contribution in [0.25, 0.3) is 10.9 Å². The summed E-state index contributed by atoms with van der Waals surface area (Å²) < 4.78 is 5.03. The van der Waals surface area contributed by atoms with E-state index >= 15 is 0 Å². The zero-order chi connectivity index (χ0) is 10.1. The van der Waals surface area contributed by atoms with Gasteiger partial charge in [-0.2, -0.15) is 0 Å². The minimum absolute atomic E-state index is 0.374. The Morgan fingerprint density at radius 1 is 1.43 bits per heavy atom. The fraction of sp³-hybridized carbons (Fsp3) is 0.100. The molecule has 0 saturated carbocycles. The summed E-state index contributed by atoms with van der Waals surface area (Å²) in [5.74, 6) is 0.0403. The van der Waals surface area contributed by atoms with Crippen molar-refractivity contribution in [2.45, 2.75) is 6.92 Å². The van der Waals surface area contributed by atoms with Crippen LogP contribution < -0.4 is 4.74 Å². The van der Waals surface area contributed by atoms with Crippen molar-refractivity contribution in [3.05, 3.63) is 29.4 Å². The SMILES string of the molecule is CC(=O)Oc1c(Cl)ccc2[nH]ccc12. The highest BCUT2D eigenvalue weighted by atomic mass is 35.5. The minimum atomic E-state index is -0.374. The van der Waals surface area contributed by atoms with Crippen molar-refractivity contribution in [1.29, 1.82) is 0 Å². The van der Waals surface area contributed by atoms with Gasteiger partial charge in [0.05, 0.1) is 5.02 Å². The Morgan fingerprint density at radius 2 is 2.21 bits per heavy atom. The molecular formula is C10H8ClNO2. The number of hydrogen-bond donors (Lipinski definition) is 1. The van der Waals surface area contributed by atoms with E-state index in [2.05, 4.69) is 4.98 Å². The maximum absolute atomic E-state index is 10.8. The highest BCUT2D eigenvalue weighted by Crippen LogP contribution is 2.32. The van der Waals surface area contributed by atoms with Crippen molar-refractivity contribution in [3.8, 4) is 5.75 Å². The Labute approximate surface area is 85.6 Å². The minimum Gasteiger partial charge on any atom is -0.424 e. The molecule has 0 aliphatic rings. The number of esters is 1. The molecule has 0 atom stereocenters. The van der Waals surface area contributed by atoms with E-state index in [0.29, 0.717) is 10.8 Å². The first-order valence-electron chi connectivity index (χ1n) is 4.12. The van der Waals surface area contributed by atoms with Gasteiger partial charge < -0.3 is 9.72 Å². The van der Waals surface area contributed by atoms with Gasteiger partial charge in [0.25, 0.3) is 0 Å². The summed E-state index contributed by atoms with van der Waals surface area (Å²) in [4.78, 5) is 13.9. The Morgan fingerprint density at radius 3 is 2.93 bits per heavy atom. The van der Waals surface area contributed by atoms with E-state index < -0.39 is 0 Å². The number of ether oxygens (including phenoxy) is 1. The first kappa shape index (κ1) is 9.09. The number of carbonyl (C=O) groups is 1. The van der Waals surface area contributed by atoms with Crippen molar-refractivity contribution in [3.63, 3.8) is 0 Å². The standard InChI is InChI=1S/C10H8ClNO2/c1-6(13)14-10-7-4-5-12-9(7)3-2-8(10)11/h2-5,12H,1H3. The van der Waals surface area contributed by atoms with Gasteiger partial charge in [0.15, 0.2) is 5.75 Å². The molecule has 0 fully saturated rings. The number of aromatic nitrogens is 1. The van der Waals surface area contributed by atoms with Gasteiger partial charge in [-0.3, -0.25) is 4.79 Å². The topological polar surface area (TPSA) is 42.1 Å². The second kappa shape index (κ2) is 3.35. The van der Waals surface area contributed by atoms with Gasteiger partial charge in [0.1, 0.15) is 0 Å². The molecule has 1 N–H and O–H groups in total. The van der Waals surface area contributed by atoms with E-state index in [1.807, 2.05) is 12.1 Å². The highest BCUT2D eigenvalue weighted by molar-refractivity contribution is 6.33. The van der Waals surface area contributed by atoms with Crippen molar-refractivity contribution in [2.24, 2.45) is 0 Å². The summed E-state index contributed by atoms with van der Waals surface area (Å²) in [6.45, 7) is 1.35. The molecule has 2 aromatic rings. The van der Waals surface area contributed by atoms with Crippen LogP contribution in [0.5, 0.6) is 5.75 Å². The third-order valence-corrected chi connectivity index (χ3v) is 2.18. The van der Waals surface area contributed by atoms with Crippen LogP contribution >= 0.6 is 11.6 Å². The number of fused-ring (bicyclic) bond motifs is 1. The fourth-order valence-electron chi connectivity index (χ4n) is 1.33. The third kappa shape index (κ3) is 1.46. The number of hydrogen-bond acceptors (Lipinski definition) is 2. The van der Waals surface area contributed by atoms with Crippen LogP contribution in [0.4, 0.5) is 0 Å². The van der Waals surface area contributed by atoms with E-state index in [1.54, 1.807) is 12.3 Å². The van der Waals surface area contributed by atoms with Crippen LogP contribution in [0.15, 0.2) is 24.4 Å². The van der Waals surface area contributed by atoms with E-state index in [1.165, 1.54) is 6.92 Å². The molecule has 0 aliphatic carbocycles. The van der Waals surface area contributed by atoms with E-state index in [-0.39, 0.29) is 5.97 Å². The molecule has 0 unspecified atom stereocenters. The summed E-state index contributed by atoms with van der Waals surface area (Å²) in [5, 5.41) is 1.25. The van der Waals surface area contributed by atoms with Gasteiger partial charge >= 0.3 is 5.97 Å². The number of nitrogens with one attached hydrogen (secondary N) is 1. The van der Waals surface area contributed by atoms with Crippen LogP contribution in [0, 0.1) is 0 Å². The summed E-state index contributed by atoms with van der Waals surface area (Å²) in [6.07, 6.45) is 1.77. The van der Waals surface area contributed by atoms with Crippen molar-refractivity contribution >= 4 is 28.5 Å². The molecule has 1 aromatic heterocycles. The molecular weight excluding hydrogens is 202 g/mol. The fourth-order valence-corrected chi connectivity index (χ4v) is 1.53. The van der Waals surface area contributed by atoms with Gasteiger partial charge in [0, 0.05) is 24.0 Å². The molecule has 2 rings (SSSR count). The van der Waals surface area contributed by atoms with Crippen molar-refractivity contribution in [2.75, 3.05) is 0 Å². The first-order valence-corrected chi connectivity index (χ1v) is 4.50. The molecule has 0 saturated heterocycles. The lowest BCUT2D eigenvalue weighted by Gasteiger charge is -2.04. The van der Waals surface area contributed by atoms with Crippen molar-refractivity contribution in [1.82, 2.24) is 4.98 Å². The van der Waals surface area contributed by atoms with Crippen LogP contribution in [0.3, 0.4) is 0 Å². The van der Waals surface area contributed by atoms with Crippen molar-refractivity contribution < 1.29 is 9.53 Å². The van der Waals surface area contributed by atoms with Crippen LogP contribution in [0.2, 0.25) is 5.02 Å². The molecule has 1 heterocycles. The third-order valence-electron chi connectivity index (χ3n) is 1.88. The Kier molecular flexibility index (Phi) is 2.17. The average Bonchev–Trinajstić information content (AvgIpc) is 2.57. The lowest BCUT2D eigenvalue weighted by atomic mass is 10.2. The number of halogens is 1. The molecule has 4 heteroatoms. The predicted molar refractivity (Wildman–Crippen MR) is 54.6 cm³/mol.